The Morgan fingerprint density at radius 1 is 1.50 bits per heavy atom. The molecule has 0 saturated carbocycles. The van der Waals surface area contributed by atoms with Gasteiger partial charge in [-0.1, -0.05) is 18.2 Å². The number of nitrogens with zero attached hydrogens (tertiary/aromatic N) is 1. The second-order valence-corrected chi connectivity index (χ2v) is 5.51. The molecule has 20 heavy (non-hydrogen) atoms. The average Bonchev–Trinajstić information content (AvgIpc) is 2.79. The predicted octanol–water partition coefficient (Wildman–Crippen LogP) is 1.42. The summed E-state index contributed by atoms with van der Waals surface area (Å²) in [4.78, 5) is 13.3. The number of hydrogen-bond donors (Lipinski definition) is 2. The number of carbonyl (C=O) groups is 1. The monoisotopic (exact) mass is 279 g/mol. The number of nitrogens with two attached hydrogens (primary N) is 1. The maximum atomic E-state index is 14.0. The maximum absolute atomic E-state index is 14.0. The summed E-state index contributed by atoms with van der Waals surface area (Å²) < 4.78 is 14.0. The van der Waals surface area contributed by atoms with E-state index in [1.165, 1.54) is 13.0 Å². The molecule has 3 N–H and O–H groups in total. The van der Waals surface area contributed by atoms with Crippen LogP contribution in [0.25, 0.3) is 0 Å². The first kappa shape index (κ1) is 14.9. The highest BCUT2D eigenvalue weighted by atomic mass is 19.1. The van der Waals surface area contributed by atoms with E-state index >= 15 is 0 Å². The van der Waals surface area contributed by atoms with E-state index in [1.54, 1.807) is 12.1 Å². The quantitative estimate of drug-likeness (QED) is 0.876. The van der Waals surface area contributed by atoms with Crippen LogP contribution in [0.4, 0.5) is 4.39 Å². The van der Waals surface area contributed by atoms with Crippen LogP contribution in [-0.2, 0) is 4.79 Å². The number of nitrogens with one attached hydrogen (secondary N) is 1. The average molecular weight is 279 g/mol. The van der Waals surface area contributed by atoms with Crippen molar-refractivity contribution in [1.82, 2.24) is 10.2 Å². The zero-order valence-electron chi connectivity index (χ0n) is 12.0. The smallest absolute Gasteiger partial charge is 0.217 e. The van der Waals surface area contributed by atoms with Gasteiger partial charge in [-0.15, -0.1) is 0 Å². The molecule has 4 nitrogen and oxygen atoms in total. The molecular weight excluding hydrogens is 257 g/mol. The lowest BCUT2D eigenvalue weighted by atomic mass is 9.99. The number of benzene rings is 1. The van der Waals surface area contributed by atoms with Gasteiger partial charge in [0.2, 0.25) is 5.91 Å². The van der Waals surface area contributed by atoms with Gasteiger partial charge in [0.15, 0.2) is 0 Å². The van der Waals surface area contributed by atoms with E-state index in [0.717, 1.165) is 13.0 Å². The predicted molar refractivity (Wildman–Crippen MR) is 76.6 cm³/mol. The molecule has 1 amide bonds. The summed E-state index contributed by atoms with van der Waals surface area (Å²) >= 11 is 0. The van der Waals surface area contributed by atoms with Crippen molar-refractivity contribution in [2.24, 2.45) is 5.73 Å². The van der Waals surface area contributed by atoms with Crippen LogP contribution in [0.2, 0.25) is 0 Å². The number of hydrogen-bond acceptors (Lipinski definition) is 3. The van der Waals surface area contributed by atoms with Crippen LogP contribution < -0.4 is 11.1 Å². The largest absolute Gasteiger partial charge is 0.352 e. The summed E-state index contributed by atoms with van der Waals surface area (Å²) in [5.41, 5.74) is 6.70. The van der Waals surface area contributed by atoms with Crippen LogP contribution in [0, 0.1) is 5.82 Å². The number of likely N-dealkylation sites (tertiary alicyclic amines) is 1. The highest BCUT2D eigenvalue weighted by Gasteiger charge is 2.32. The SMILES string of the molecule is CC(=O)NC1CCN(C(c2ccccc2F)C(C)N)C1. The minimum Gasteiger partial charge on any atom is -0.352 e. The molecule has 3 atom stereocenters. The Bertz CT molecular complexity index is 478. The summed E-state index contributed by atoms with van der Waals surface area (Å²) in [7, 11) is 0. The van der Waals surface area contributed by atoms with Gasteiger partial charge in [-0.3, -0.25) is 9.69 Å². The van der Waals surface area contributed by atoms with Gasteiger partial charge >= 0.3 is 0 Å². The molecule has 1 aliphatic heterocycles. The third-order valence-electron chi connectivity index (χ3n) is 3.74. The van der Waals surface area contributed by atoms with E-state index in [0.29, 0.717) is 12.1 Å². The summed E-state index contributed by atoms with van der Waals surface area (Å²) in [5.74, 6) is -0.252. The van der Waals surface area contributed by atoms with E-state index in [-0.39, 0.29) is 29.8 Å². The Hall–Kier alpha value is -1.46. The summed E-state index contributed by atoms with van der Waals surface area (Å²) in [6, 6.07) is 6.55. The lowest BCUT2D eigenvalue weighted by molar-refractivity contribution is -0.119. The summed E-state index contributed by atoms with van der Waals surface area (Å²) in [5, 5.41) is 2.92. The van der Waals surface area contributed by atoms with Gasteiger partial charge in [0.1, 0.15) is 5.82 Å². The van der Waals surface area contributed by atoms with Crippen LogP contribution in [0.1, 0.15) is 31.9 Å². The van der Waals surface area contributed by atoms with Crippen molar-refractivity contribution in [3.05, 3.63) is 35.6 Å². The van der Waals surface area contributed by atoms with Crippen LogP contribution in [0.15, 0.2) is 24.3 Å². The van der Waals surface area contributed by atoms with Gasteiger partial charge in [-0.2, -0.15) is 0 Å². The molecule has 0 bridgehead atoms. The highest BCUT2D eigenvalue weighted by Crippen LogP contribution is 2.29. The van der Waals surface area contributed by atoms with E-state index in [4.69, 9.17) is 5.73 Å². The maximum Gasteiger partial charge on any atom is 0.217 e. The Morgan fingerprint density at radius 2 is 2.20 bits per heavy atom. The molecule has 1 saturated heterocycles. The molecule has 0 aromatic heterocycles. The van der Waals surface area contributed by atoms with Gasteiger partial charge in [-0.25, -0.2) is 4.39 Å². The molecule has 1 aromatic rings. The molecule has 1 heterocycles. The summed E-state index contributed by atoms with van der Waals surface area (Å²) in [6.07, 6.45) is 0.872. The van der Waals surface area contributed by atoms with Crippen molar-refractivity contribution in [2.45, 2.75) is 38.4 Å². The van der Waals surface area contributed by atoms with Gasteiger partial charge in [0.05, 0.1) is 6.04 Å². The standard InChI is InChI=1S/C15H22FN3O/c1-10(17)15(13-5-3-4-6-14(13)16)19-8-7-12(9-19)18-11(2)20/h3-6,10,12,15H,7-9,17H2,1-2H3,(H,18,20). The van der Waals surface area contributed by atoms with Crippen molar-refractivity contribution >= 4 is 5.91 Å². The fraction of sp³-hybridized carbons (Fsp3) is 0.533. The molecule has 0 radical (unpaired) electrons. The minimum atomic E-state index is -0.224. The van der Waals surface area contributed by atoms with Crippen molar-refractivity contribution in [1.29, 1.82) is 0 Å². The molecule has 3 unspecified atom stereocenters. The minimum absolute atomic E-state index is 0.0277. The first-order chi connectivity index (χ1) is 9.49. The first-order valence-electron chi connectivity index (χ1n) is 7.00. The van der Waals surface area contributed by atoms with Crippen LogP contribution in [0.5, 0.6) is 0 Å². The van der Waals surface area contributed by atoms with Gasteiger partial charge in [0.25, 0.3) is 0 Å². The highest BCUT2D eigenvalue weighted by molar-refractivity contribution is 5.73. The van der Waals surface area contributed by atoms with E-state index in [1.807, 2.05) is 13.0 Å². The Morgan fingerprint density at radius 3 is 2.80 bits per heavy atom. The van der Waals surface area contributed by atoms with Crippen molar-refractivity contribution < 1.29 is 9.18 Å². The van der Waals surface area contributed by atoms with Crippen molar-refractivity contribution in [3.8, 4) is 0 Å². The second kappa shape index (κ2) is 6.33. The van der Waals surface area contributed by atoms with Crippen molar-refractivity contribution in [2.75, 3.05) is 13.1 Å². The number of halogens is 1. The molecule has 110 valence electrons. The molecular formula is C15H22FN3O. The number of carbonyl (C=O) groups excluding carboxylic acids is 1. The molecule has 0 spiro atoms. The lowest BCUT2D eigenvalue weighted by Crippen LogP contribution is -2.41. The zero-order valence-corrected chi connectivity index (χ0v) is 12.0. The zero-order chi connectivity index (χ0) is 14.7. The Kier molecular flexibility index (Phi) is 4.73. The van der Waals surface area contributed by atoms with Crippen LogP contribution >= 0.6 is 0 Å². The fourth-order valence-electron chi connectivity index (χ4n) is 2.97. The molecule has 2 rings (SSSR count). The number of rotatable bonds is 4. The van der Waals surface area contributed by atoms with Crippen LogP contribution in [-0.4, -0.2) is 36.0 Å². The molecule has 5 heteroatoms. The van der Waals surface area contributed by atoms with E-state index in [2.05, 4.69) is 10.2 Å². The van der Waals surface area contributed by atoms with Crippen molar-refractivity contribution in [3.63, 3.8) is 0 Å². The molecule has 1 aliphatic rings. The third kappa shape index (κ3) is 3.35. The molecule has 1 aromatic carbocycles. The third-order valence-corrected chi connectivity index (χ3v) is 3.74. The Labute approximate surface area is 119 Å². The fourth-order valence-corrected chi connectivity index (χ4v) is 2.97. The lowest BCUT2D eigenvalue weighted by Gasteiger charge is -2.31. The molecule has 0 aliphatic carbocycles. The topological polar surface area (TPSA) is 58.4 Å². The van der Waals surface area contributed by atoms with E-state index < -0.39 is 0 Å². The number of amides is 1. The Balaban J connectivity index is 2.15. The van der Waals surface area contributed by atoms with Gasteiger partial charge in [0, 0.05) is 37.7 Å². The first-order valence-corrected chi connectivity index (χ1v) is 7.00. The second-order valence-electron chi connectivity index (χ2n) is 5.51. The van der Waals surface area contributed by atoms with Gasteiger partial charge < -0.3 is 11.1 Å². The van der Waals surface area contributed by atoms with Gasteiger partial charge in [-0.05, 0) is 19.4 Å². The summed E-state index contributed by atoms with van der Waals surface area (Å²) in [6.45, 7) is 4.93. The molecule has 1 fully saturated rings. The van der Waals surface area contributed by atoms with Crippen LogP contribution in [0.3, 0.4) is 0 Å². The van der Waals surface area contributed by atoms with E-state index in [9.17, 15) is 9.18 Å². The normalized spacial score (nSPS) is 22.5.